The number of sulfonamides is 1. The monoisotopic (exact) mass is 236 g/mol. The van der Waals surface area contributed by atoms with E-state index in [1.54, 1.807) is 0 Å². The SMILES string of the molecule is Nc1ccc(S(N)(=O)=O)cc1.[Zn]. The predicted octanol–water partition coefficient (Wildman–Crippen LogP) is -0.0863. The molecule has 0 aliphatic carbocycles. The van der Waals surface area contributed by atoms with Crippen LogP contribution in [-0.4, -0.2) is 8.42 Å². The van der Waals surface area contributed by atoms with E-state index in [2.05, 4.69) is 0 Å². The maximum absolute atomic E-state index is 10.7. The van der Waals surface area contributed by atoms with Gasteiger partial charge >= 0.3 is 0 Å². The Morgan fingerprint density at radius 1 is 1.08 bits per heavy atom. The third-order valence-corrected chi connectivity index (χ3v) is 2.14. The van der Waals surface area contributed by atoms with Crippen LogP contribution in [0.15, 0.2) is 29.2 Å². The summed E-state index contributed by atoms with van der Waals surface area (Å²) in [5, 5.41) is 4.84. The van der Waals surface area contributed by atoms with Gasteiger partial charge in [0.1, 0.15) is 0 Å². The minimum atomic E-state index is -3.58. The van der Waals surface area contributed by atoms with Crippen LogP contribution in [0.1, 0.15) is 0 Å². The first-order chi connectivity index (χ1) is 5.00. The molecule has 1 rings (SSSR count). The molecule has 0 aliphatic heterocycles. The third-order valence-electron chi connectivity index (χ3n) is 1.21. The van der Waals surface area contributed by atoms with Crippen LogP contribution in [0.2, 0.25) is 0 Å². The summed E-state index contributed by atoms with van der Waals surface area (Å²) >= 11 is 0. The molecule has 4 N–H and O–H groups in total. The van der Waals surface area contributed by atoms with Gasteiger partial charge in [-0.25, -0.2) is 13.6 Å². The largest absolute Gasteiger partial charge is 0.399 e. The van der Waals surface area contributed by atoms with E-state index < -0.39 is 10.0 Å². The molecule has 0 unspecified atom stereocenters. The normalized spacial score (nSPS) is 10.4. The van der Waals surface area contributed by atoms with Crippen LogP contribution in [0.3, 0.4) is 0 Å². The molecule has 6 heteroatoms. The zero-order chi connectivity index (χ0) is 8.48. The first-order valence-electron chi connectivity index (χ1n) is 2.88. The van der Waals surface area contributed by atoms with Crippen molar-refractivity contribution in [3.05, 3.63) is 24.3 Å². The number of nitrogen functional groups attached to an aromatic ring is 1. The Morgan fingerprint density at radius 3 is 1.83 bits per heavy atom. The molecule has 62 valence electrons. The van der Waals surface area contributed by atoms with Crippen LogP contribution in [0, 0.1) is 0 Å². The smallest absolute Gasteiger partial charge is 0.238 e. The second-order valence-corrected chi connectivity index (χ2v) is 3.68. The van der Waals surface area contributed by atoms with E-state index in [1.807, 2.05) is 0 Å². The molecule has 0 bridgehead atoms. The van der Waals surface area contributed by atoms with Crippen molar-refractivity contribution in [3.63, 3.8) is 0 Å². The van der Waals surface area contributed by atoms with Crippen molar-refractivity contribution in [2.45, 2.75) is 4.90 Å². The van der Waals surface area contributed by atoms with E-state index in [1.165, 1.54) is 24.3 Å². The summed E-state index contributed by atoms with van der Waals surface area (Å²) in [4.78, 5) is 0.0756. The zero-order valence-electron chi connectivity index (χ0n) is 6.40. The number of hydrogen-bond acceptors (Lipinski definition) is 3. The van der Waals surface area contributed by atoms with Gasteiger partial charge < -0.3 is 5.73 Å². The minimum Gasteiger partial charge on any atom is -0.399 e. The van der Waals surface area contributed by atoms with Gasteiger partial charge in [-0.05, 0) is 24.3 Å². The molecule has 0 saturated heterocycles. The van der Waals surface area contributed by atoms with Gasteiger partial charge in [0.2, 0.25) is 10.0 Å². The number of nitrogens with two attached hydrogens (primary N) is 2. The quantitative estimate of drug-likeness (QED) is 0.529. The van der Waals surface area contributed by atoms with E-state index in [-0.39, 0.29) is 24.4 Å². The molecule has 0 amide bonds. The van der Waals surface area contributed by atoms with Crippen molar-refractivity contribution < 1.29 is 27.9 Å². The maximum atomic E-state index is 10.7. The van der Waals surface area contributed by atoms with Crippen LogP contribution in [0.5, 0.6) is 0 Å². The van der Waals surface area contributed by atoms with Crippen molar-refractivity contribution in [2.24, 2.45) is 5.14 Å². The molecule has 12 heavy (non-hydrogen) atoms. The summed E-state index contributed by atoms with van der Waals surface area (Å²) < 4.78 is 21.4. The summed E-state index contributed by atoms with van der Waals surface area (Å²) in [7, 11) is -3.58. The first kappa shape index (κ1) is 11.6. The second-order valence-electron chi connectivity index (χ2n) is 2.11. The number of benzene rings is 1. The van der Waals surface area contributed by atoms with Crippen LogP contribution in [0.4, 0.5) is 5.69 Å². The average Bonchev–Trinajstić information content (AvgIpc) is 1.86. The summed E-state index contributed by atoms with van der Waals surface area (Å²) in [6, 6.07) is 5.70. The van der Waals surface area contributed by atoms with Crippen molar-refractivity contribution in [1.82, 2.24) is 0 Å². The first-order valence-corrected chi connectivity index (χ1v) is 4.43. The van der Waals surface area contributed by atoms with Gasteiger partial charge in [0, 0.05) is 25.2 Å². The summed E-state index contributed by atoms with van der Waals surface area (Å²) in [5.41, 5.74) is 5.85. The van der Waals surface area contributed by atoms with Gasteiger partial charge in [0.05, 0.1) is 4.90 Å². The van der Waals surface area contributed by atoms with Gasteiger partial charge in [-0.2, -0.15) is 0 Å². The molecule has 0 heterocycles. The van der Waals surface area contributed by atoms with Crippen molar-refractivity contribution in [2.75, 3.05) is 5.73 Å². The van der Waals surface area contributed by atoms with E-state index in [9.17, 15) is 8.42 Å². The molecule has 0 fully saturated rings. The van der Waals surface area contributed by atoms with Gasteiger partial charge in [-0.1, -0.05) is 0 Å². The molecular weight excluding hydrogens is 230 g/mol. The molecule has 0 aromatic heterocycles. The van der Waals surface area contributed by atoms with Gasteiger partial charge in [0.25, 0.3) is 0 Å². The molecule has 0 aliphatic rings. The second kappa shape index (κ2) is 3.98. The molecule has 4 nitrogen and oxygen atoms in total. The van der Waals surface area contributed by atoms with Gasteiger partial charge in [0.15, 0.2) is 0 Å². The van der Waals surface area contributed by atoms with Crippen LogP contribution < -0.4 is 10.9 Å². The Hall–Kier alpha value is -0.447. The molecular formula is C6H8N2O2SZn. The number of rotatable bonds is 1. The fraction of sp³-hybridized carbons (Fsp3) is 0. The van der Waals surface area contributed by atoms with Crippen molar-refractivity contribution >= 4 is 15.7 Å². The topological polar surface area (TPSA) is 86.2 Å². The fourth-order valence-electron chi connectivity index (χ4n) is 0.658. The summed E-state index contributed by atoms with van der Waals surface area (Å²) in [5.74, 6) is 0. The Labute approximate surface area is 83.8 Å². The van der Waals surface area contributed by atoms with E-state index in [0.717, 1.165) is 0 Å². The maximum Gasteiger partial charge on any atom is 0.238 e. The van der Waals surface area contributed by atoms with Gasteiger partial charge in [-0.15, -0.1) is 0 Å². The van der Waals surface area contributed by atoms with Crippen molar-refractivity contribution in [3.8, 4) is 0 Å². The van der Waals surface area contributed by atoms with E-state index in [4.69, 9.17) is 10.9 Å². The molecule has 0 radical (unpaired) electrons. The summed E-state index contributed by atoms with van der Waals surface area (Å²) in [6.45, 7) is 0. The Morgan fingerprint density at radius 2 is 1.50 bits per heavy atom. The molecule has 0 spiro atoms. The van der Waals surface area contributed by atoms with Crippen LogP contribution in [-0.2, 0) is 29.5 Å². The van der Waals surface area contributed by atoms with E-state index in [0.29, 0.717) is 5.69 Å². The molecule has 1 aromatic carbocycles. The Kier molecular flexibility index (Phi) is 3.83. The predicted molar refractivity (Wildman–Crippen MR) is 42.2 cm³/mol. The van der Waals surface area contributed by atoms with Crippen molar-refractivity contribution in [1.29, 1.82) is 0 Å². The summed E-state index contributed by atoms with van der Waals surface area (Å²) in [6.07, 6.45) is 0. The average molecular weight is 238 g/mol. The minimum absolute atomic E-state index is 0. The van der Waals surface area contributed by atoms with Gasteiger partial charge in [-0.3, -0.25) is 0 Å². The molecule has 0 saturated carbocycles. The van der Waals surface area contributed by atoms with Crippen LogP contribution in [0.25, 0.3) is 0 Å². The molecule has 0 atom stereocenters. The Balaban J connectivity index is 0.00000121. The van der Waals surface area contributed by atoms with E-state index >= 15 is 0 Å². The Bertz CT molecular complexity index is 346. The molecule has 1 aromatic rings. The number of primary sulfonamides is 1. The number of anilines is 1. The zero-order valence-corrected chi connectivity index (χ0v) is 10.2. The fourth-order valence-corrected chi connectivity index (χ4v) is 1.17. The standard InChI is InChI=1S/C6H8N2O2S.Zn/c7-5-1-3-6(4-2-5)11(8,9)10;/h1-4H,7H2,(H2,8,9,10);. The third kappa shape index (κ3) is 2.89. The van der Waals surface area contributed by atoms with Crippen LogP contribution >= 0.6 is 0 Å². The number of hydrogen-bond donors (Lipinski definition) is 2.